The Hall–Kier alpha value is -3.23. The Morgan fingerprint density at radius 1 is 0.960 bits per heavy atom. The van der Waals surface area contributed by atoms with Crippen molar-refractivity contribution in [2.24, 2.45) is 0 Å². The first-order valence-corrected chi connectivity index (χ1v) is 7.16. The van der Waals surface area contributed by atoms with Crippen molar-refractivity contribution in [2.75, 3.05) is 4.47 Å². The molecule has 1 N–H and O–H groups in total. The number of aromatic amines is 1. The van der Waals surface area contributed by atoms with Crippen molar-refractivity contribution in [1.82, 2.24) is 9.97 Å². The van der Waals surface area contributed by atoms with E-state index in [-0.39, 0.29) is 0 Å². The molecule has 1 heterocycles. The Morgan fingerprint density at radius 3 is 1.84 bits per heavy atom. The summed E-state index contributed by atoms with van der Waals surface area (Å²) < 4.78 is 89.0. The molecule has 0 aliphatic carbocycles. The van der Waals surface area contributed by atoms with Gasteiger partial charge in [0.05, 0.1) is 0 Å². The summed E-state index contributed by atoms with van der Waals surface area (Å²) in [5.74, 6) is -14.6. The van der Waals surface area contributed by atoms with Gasteiger partial charge in [-0.3, -0.25) is 0 Å². The molecule has 0 atom stereocenters. The summed E-state index contributed by atoms with van der Waals surface area (Å²) in [5, 5.41) is 29.1. The number of imidazole rings is 1. The van der Waals surface area contributed by atoms with Crippen LogP contribution in [0.15, 0.2) is 4.90 Å². The molecule has 14 heteroatoms. The van der Waals surface area contributed by atoms with Crippen molar-refractivity contribution in [3.63, 3.8) is 0 Å². The van der Waals surface area contributed by atoms with Crippen LogP contribution in [0.3, 0.4) is 0 Å². The van der Waals surface area contributed by atoms with E-state index in [0.717, 1.165) is 0 Å². The molecule has 0 bridgehead atoms. The second kappa shape index (κ2) is 6.00. The van der Waals surface area contributed by atoms with Crippen molar-refractivity contribution in [3.05, 3.63) is 45.7 Å². The van der Waals surface area contributed by atoms with Gasteiger partial charge >= 0.3 is 0 Å². The van der Waals surface area contributed by atoms with E-state index in [2.05, 4.69) is 4.98 Å². The second-order valence-corrected chi connectivity index (χ2v) is 5.83. The molecule has 0 aliphatic heterocycles. The van der Waals surface area contributed by atoms with Gasteiger partial charge in [-0.1, -0.05) is 0 Å². The lowest BCUT2D eigenvalue weighted by molar-refractivity contribution is 0.357. The third-order valence-corrected chi connectivity index (χ3v) is 4.21. The van der Waals surface area contributed by atoms with Crippen molar-refractivity contribution in [3.8, 4) is 12.1 Å². The van der Waals surface area contributed by atoms with Crippen LogP contribution in [0, 0.1) is 57.0 Å². The number of H-pyrrole nitrogens is 1. The molecule has 130 valence electrons. The molecule has 8 nitrogen and oxygen atoms in total. The van der Waals surface area contributed by atoms with Gasteiger partial charge in [0.1, 0.15) is 12.1 Å². The van der Waals surface area contributed by atoms with Gasteiger partial charge in [0.15, 0.2) is 39.6 Å². The maximum atomic E-state index is 13.6. The number of anilines is 1. The Balaban J connectivity index is 2.71. The van der Waals surface area contributed by atoms with E-state index in [1.165, 1.54) is 12.1 Å². The molecule has 1 aromatic heterocycles. The van der Waals surface area contributed by atoms with Crippen molar-refractivity contribution in [2.45, 2.75) is 4.90 Å². The third kappa shape index (κ3) is 2.63. The van der Waals surface area contributed by atoms with Gasteiger partial charge in [-0.25, -0.2) is 35.4 Å². The molecule has 0 unspecified atom stereocenters. The monoisotopic (exact) mass is 378 g/mol. The Kier molecular flexibility index (Phi) is 4.35. The highest BCUT2D eigenvalue weighted by molar-refractivity contribution is 7.93. The first-order chi connectivity index (χ1) is 11.6. The van der Waals surface area contributed by atoms with E-state index in [4.69, 9.17) is 10.5 Å². The number of nitrogens with zero attached hydrogens (tertiary/aromatic N) is 4. The molecule has 0 fully saturated rings. The van der Waals surface area contributed by atoms with E-state index >= 15 is 0 Å². The lowest BCUT2D eigenvalue weighted by atomic mass is 10.3. The summed E-state index contributed by atoms with van der Waals surface area (Å²) in [5.41, 5.74) is -1.39. The molecular formula is C11HF5N5O3S-. The van der Waals surface area contributed by atoms with Gasteiger partial charge in [-0.05, 0) is 0 Å². The molecule has 0 amide bonds. The fourth-order valence-electron chi connectivity index (χ4n) is 1.62. The van der Waals surface area contributed by atoms with Crippen molar-refractivity contribution < 1.29 is 30.4 Å². The fourth-order valence-corrected chi connectivity index (χ4v) is 2.73. The SMILES string of the molecule is N#Cc1nc(N([O-])S(=O)(=O)c2c(F)c(F)c(F)c(F)c2F)[nH]c1C#N. The van der Waals surface area contributed by atoms with E-state index in [1.807, 2.05) is 0 Å². The molecule has 0 radical (unpaired) electrons. The van der Waals surface area contributed by atoms with Gasteiger partial charge in [0.2, 0.25) is 11.8 Å². The summed E-state index contributed by atoms with van der Waals surface area (Å²) in [4.78, 5) is 2.46. The average Bonchev–Trinajstić information content (AvgIpc) is 3.00. The highest BCUT2D eigenvalue weighted by Crippen LogP contribution is 2.30. The summed E-state index contributed by atoms with van der Waals surface area (Å²) in [6.45, 7) is 0. The normalized spacial score (nSPS) is 11.0. The number of sulfonamides is 1. The van der Waals surface area contributed by atoms with Crippen molar-refractivity contribution in [1.29, 1.82) is 10.5 Å². The van der Waals surface area contributed by atoms with Gasteiger partial charge in [0.25, 0.3) is 10.0 Å². The molecule has 0 aliphatic rings. The lowest BCUT2D eigenvalue weighted by Crippen LogP contribution is -2.29. The number of rotatable bonds is 3. The Bertz CT molecular complexity index is 1010. The summed E-state index contributed by atoms with van der Waals surface area (Å²) in [7, 11) is -5.87. The van der Waals surface area contributed by atoms with Crippen LogP contribution >= 0.6 is 0 Å². The number of nitriles is 2. The highest BCUT2D eigenvalue weighted by atomic mass is 32.2. The molecule has 2 aromatic rings. The molecule has 0 saturated heterocycles. The van der Waals surface area contributed by atoms with Crippen LogP contribution < -0.4 is 4.47 Å². The number of nitrogens with one attached hydrogen (secondary N) is 1. The minimum atomic E-state index is -5.87. The number of halogens is 5. The topological polar surface area (TPSA) is 137 Å². The molecule has 0 spiro atoms. The first kappa shape index (κ1) is 18.1. The molecule has 0 saturated carbocycles. The Labute approximate surface area is 135 Å². The Morgan fingerprint density at radius 2 is 1.44 bits per heavy atom. The zero-order valence-corrected chi connectivity index (χ0v) is 12.1. The van der Waals surface area contributed by atoms with Crippen molar-refractivity contribution >= 4 is 16.0 Å². The largest absolute Gasteiger partial charge is 0.742 e. The van der Waals surface area contributed by atoms with Gasteiger partial charge in [0, 0.05) is 0 Å². The number of hydrogen-bond acceptors (Lipinski definition) is 6. The van der Waals surface area contributed by atoms with Gasteiger partial charge < -0.3 is 14.7 Å². The zero-order chi connectivity index (χ0) is 19.1. The van der Waals surface area contributed by atoms with Crippen LogP contribution in [-0.2, 0) is 10.0 Å². The van der Waals surface area contributed by atoms with E-state index in [0.29, 0.717) is 0 Å². The van der Waals surface area contributed by atoms with E-state index in [9.17, 15) is 35.6 Å². The summed E-state index contributed by atoms with van der Waals surface area (Å²) in [6.07, 6.45) is 0. The summed E-state index contributed by atoms with van der Waals surface area (Å²) in [6, 6.07) is 2.66. The number of hydrogen-bond donors (Lipinski definition) is 1. The summed E-state index contributed by atoms with van der Waals surface area (Å²) >= 11 is 0. The highest BCUT2D eigenvalue weighted by Gasteiger charge is 2.35. The molecule has 1 aromatic carbocycles. The molecular weight excluding hydrogens is 377 g/mol. The fraction of sp³-hybridized carbons (Fsp3) is 0. The van der Waals surface area contributed by atoms with E-state index < -0.39 is 65.8 Å². The lowest BCUT2D eigenvalue weighted by Gasteiger charge is -2.26. The average molecular weight is 378 g/mol. The van der Waals surface area contributed by atoms with Crippen LogP contribution in [0.4, 0.5) is 27.9 Å². The predicted molar refractivity (Wildman–Crippen MR) is 67.3 cm³/mol. The van der Waals surface area contributed by atoms with Gasteiger partial charge in [-0.15, -0.1) is 0 Å². The van der Waals surface area contributed by atoms with Crippen LogP contribution in [0.25, 0.3) is 0 Å². The first-order valence-electron chi connectivity index (χ1n) is 5.72. The van der Waals surface area contributed by atoms with E-state index in [1.54, 1.807) is 4.98 Å². The minimum absolute atomic E-state index is 0.661. The van der Waals surface area contributed by atoms with Crippen LogP contribution in [0.1, 0.15) is 11.4 Å². The maximum Gasteiger partial charge on any atom is 0.262 e. The number of benzene rings is 1. The van der Waals surface area contributed by atoms with Crippen LogP contribution in [0.5, 0.6) is 0 Å². The predicted octanol–water partition coefficient (Wildman–Crippen LogP) is 1.54. The quantitative estimate of drug-likeness (QED) is 0.372. The smallest absolute Gasteiger partial charge is 0.262 e. The number of aromatic nitrogens is 2. The minimum Gasteiger partial charge on any atom is -0.742 e. The zero-order valence-electron chi connectivity index (χ0n) is 11.3. The third-order valence-electron chi connectivity index (χ3n) is 2.73. The molecule has 25 heavy (non-hydrogen) atoms. The standard InChI is InChI=1S/C11HF5N5O3S/c12-5-6(13)8(15)10(9(16)7(5)14)25(23,24)21(22)11-19-3(1-17)4(2-18)20-11/h(H,19,20)/q-1. The molecule has 2 rings (SSSR count). The second-order valence-electron chi connectivity index (χ2n) is 4.14. The maximum absolute atomic E-state index is 13.6. The van der Waals surface area contributed by atoms with Crippen LogP contribution in [0.2, 0.25) is 0 Å². The van der Waals surface area contributed by atoms with Gasteiger partial charge in [-0.2, -0.15) is 10.5 Å². The van der Waals surface area contributed by atoms with Crippen LogP contribution in [-0.4, -0.2) is 18.4 Å².